The molecule has 1 saturated heterocycles. The number of hydrogen-bond donors (Lipinski definition) is 4. The van der Waals surface area contributed by atoms with Gasteiger partial charge < -0.3 is 25.4 Å². The number of halogens is 1. The first-order valence-electron chi connectivity index (χ1n) is 8.85. The van der Waals surface area contributed by atoms with Crippen molar-refractivity contribution < 1.29 is 15.0 Å². The zero-order chi connectivity index (χ0) is 19.6. The van der Waals surface area contributed by atoms with Crippen molar-refractivity contribution in [2.45, 2.75) is 44.8 Å². The molecule has 9 nitrogen and oxygen atoms in total. The van der Waals surface area contributed by atoms with Gasteiger partial charge in [-0.2, -0.15) is 0 Å². The maximum atomic E-state index is 12.4. The van der Waals surface area contributed by atoms with Crippen molar-refractivity contribution in [3.63, 3.8) is 0 Å². The number of piperidine rings is 1. The second kappa shape index (κ2) is 8.51. The number of aliphatic hydroxyl groups excluding tert-OH is 2. The maximum absolute atomic E-state index is 12.4. The number of aryl methyl sites for hydroxylation is 1. The summed E-state index contributed by atoms with van der Waals surface area (Å²) in [5.74, 6) is -0.298. The molecule has 0 saturated carbocycles. The average molecular weight is 415 g/mol. The molecular weight excluding hydrogens is 392 g/mol. The monoisotopic (exact) mass is 414 g/mol. The molecule has 0 spiro atoms. The lowest BCUT2D eigenvalue weighted by atomic mass is 10.0. The third-order valence-electron chi connectivity index (χ3n) is 4.59. The van der Waals surface area contributed by atoms with Crippen molar-refractivity contribution in [3.05, 3.63) is 21.7 Å². The van der Waals surface area contributed by atoms with E-state index in [-0.39, 0.29) is 30.3 Å². The molecule has 2 unspecified atom stereocenters. The number of aromatic nitrogens is 4. The minimum absolute atomic E-state index is 0.0158. The van der Waals surface area contributed by atoms with Gasteiger partial charge in [0.2, 0.25) is 5.13 Å². The highest BCUT2D eigenvalue weighted by molar-refractivity contribution is 7.15. The van der Waals surface area contributed by atoms with Crippen LogP contribution in [0.3, 0.4) is 0 Å². The molecular formula is C16H23ClN6O3S. The summed E-state index contributed by atoms with van der Waals surface area (Å²) < 4.78 is 0. The van der Waals surface area contributed by atoms with Crippen LogP contribution in [0, 0.1) is 0 Å². The van der Waals surface area contributed by atoms with Crippen molar-refractivity contribution in [2.24, 2.45) is 0 Å². The Hall–Kier alpha value is -1.75. The fourth-order valence-corrected chi connectivity index (χ4v) is 4.06. The van der Waals surface area contributed by atoms with Crippen LogP contribution < -0.4 is 10.2 Å². The number of aromatic amines is 1. The second-order valence-electron chi connectivity index (χ2n) is 6.60. The molecule has 1 aliphatic rings. The molecule has 11 heteroatoms. The van der Waals surface area contributed by atoms with Gasteiger partial charge >= 0.3 is 0 Å². The zero-order valence-electron chi connectivity index (χ0n) is 15.1. The van der Waals surface area contributed by atoms with Crippen LogP contribution in [-0.4, -0.2) is 68.1 Å². The van der Waals surface area contributed by atoms with Crippen molar-refractivity contribution in [1.82, 2.24) is 25.5 Å². The molecule has 0 bridgehead atoms. The topological polar surface area (TPSA) is 127 Å². The summed E-state index contributed by atoms with van der Waals surface area (Å²) in [5, 5.41) is 32.5. The summed E-state index contributed by atoms with van der Waals surface area (Å²) in [6, 6.07) is -0.383. The number of nitrogens with one attached hydrogen (secondary N) is 2. The zero-order valence-corrected chi connectivity index (χ0v) is 16.7. The molecule has 0 aliphatic carbocycles. The van der Waals surface area contributed by atoms with Gasteiger partial charge in [-0.1, -0.05) is 36.8 Å². The maximum Gasteiger partial charge on any atom is 0.287 e. The second-order valence-corrected chi connectivity index (χ2v) is 7.94. The van der Waals surface area contributed by atoms with Crippen molar-refractivity contribution in [2.75, 3.05) is 24.6 Å². The number of H-pyrrole nitrogens is 1. The largest absolute Gasteiger partial charge is 0.396 e. The lowest BCUT2D eigenvalue weighted by Crippen LogP contribution is -2.54. The Morgan fingerprint density at radius 3 is 2.93 bits per heavy atom. The van der Waals surface area contributed by atoms with E-state index in [1.165, 1.54) is 11.3 Å². The predicted molar refractivity (Wildman–Crippen MR) is 102 cm³/mol. The van der Waals surface area contributed by atoms with Crippen LogP contribution in [-0.2, 0) is 6.42 Å². The summed E-state index contributed by atoms with van der Waals surface area (Å²) >= 11 is 7.38. The molecule has 2 aromatic heterocycles. The molecule has 2 aromatic rings. The molecule has 148 valence electrons. The fourth-order valence-electron chi connectivity index (χ4n) is 2.87. The Bertz CT molecular complexity index is 797. The lowest BCUT2D eigenvalue weighted by Gasteiger charge is -2.35. The van der Waals surface area contributed by atoms with Crippen LogP contribution in [0.5, 0.6) is 0 Å². The van der Waals surface area contributed by atoms with Crippen LogP contribution in [0.15, 0.2) is 0 Å². The Kier molecular flexibility index (Phi) is 6.30. The predicted octanol–water partition coefficient (Wildman–Crippen LogP) is 0.942. The first-order valence-corrected chi connectivity index (χ1v) is 10.0. The molecule has 3 rings (SSSR count). The van der Waals surface area contributed by atoms with Gasteiger partial charge in [0.15, 0.2) is 11.0 Å². The number of anilines is 1. The van der Waals surface area contributed by atoms with Crippen LogP contribution in [0.25, 0.3) is 0 Å². The molecule has 4 N–H and O–H groups in total. The van der Waals surface area contributed by atoms with E-state index < -0.39 is 6.10 Å². The van der Waals surface area contributed by atoms with Gasteiger partial charge in [-0.3, -0.25) is 4.79 Å². The molecule has 0 aromatic carbocycles. The number of carbonyl (C=O) groups excluding carboxylic acids is 1. The minimum Gasteiger partial charge on any atom is -0.396 e. The molecule has 1 amide bonds. The number of aliphatic hydroxyl groups is 2. The number of imidazole rings is 1. The lowest BCUT2D eigenvalue weighted by molar-refractivity contribution is 0.0790. The Morgan fingerprint density at radius 1 is 1.52 bits per heavy atom. The van der Waals surface area contributed by atoms with Gasteiger partial charge in [0.1, 0.15) is 5.01 Å². The molecule has 1 fully saturated rings. The van der Waals surface area contributed by atoms with E-state index in [1.807, 2.05) is 18.7 Å². The molecule has 0 radical (unpaired) electrons. The van der Waals surface area contributed by atoms with Gasteiger partial charge in [0, 0.05) is 19.0 Å². The van der Waals surface area contributed by atoms with Crippen LogP contribution in [0.4, 0.5) is 5.13 Å². The van der Waals surface area contributed by atoms with E-state index in [4.69, 9.17) is 11.6 Å². The van der Waals surface area contributed by atoms with Crippen molar-refractivity contribution in [1.29, 1.82) is 0 Å². The van der Waals surface area contributed by atoms with E-state index in [2.05, 4.69) is 25.5 Å². The van der Waals surface area contributed by atoms with Crippen LogP contribution in [0.2, 0.25) is 5.15 Å². The van der Waals surface area contributed by atoms with E-state index in [9.17, 15) is 15.0 Å². The number of amides is 1. The van der Waals surface area contributed by atoms with E-state index in [0.717, 1.165) is 5.01 Å². The number of nitrogens with zero attached hydrogens (tertiary/aromatic N) is 4. The fraction of sp³-hybridized carbons (Fsp3) is 0.625. The smallest absolute Gasteiger partial charge is 0.287 e. The van der Waals surface area contributed by atoms with Gasteiger partial charge in [-0.15, -0.1) is 10.2 Å². The number of β-amino-alcohol motifs (C(OH)–C–C–N with tert-alkyl or cyclic N) is 1. The highest BCUT2D eigenvalue weighted by Crippen LogP contribution is 2.28. The number of carbonyl (C=O) groups is 1. The molecule has 3 atom stereocenters. The van der Waals surface area contributed by atoms with Crippen LogP contribution in [0.1, 0.15) is 47.5 Å². The SMILES string of the molecule is CCc1[nH]c(C(=O)NC2CCN(c3nnc([C@H](C)CO)s3)CC2O)nc1Cl. The van der Waals surface area contributed by atoms with Gasteiger partial charge in [-0.05, 0) is 12.8 Å². The Morgan fingerprint density at radius 2 is 2.30 bits per heavy atom. The van der Waals surface area contributed by atoms with Gasteiger partial charge in [-0.25, -0.2) is 4.98 Å². The number of hydrogen-bond acceptors (Lipinski definition) is 8. The van der Waals surface area contributed by atoms with E-state index in [0.29, 0.717) is 41.9 Å². The number of rotatable bonds is 6. The summed E-state index contributed by atoms with van der Waals surface area (Å²) in [5.41, 5.74) is 0.710. The normalized spacial score (nSPS) is 21.3. The Balaban J connectivity index is 1.59. The summed E-state index contributed by atoms with van der Waals surface area (Å²) in [4.78, 5) is 21.2. The first-order chi connectivity index (χ1) is 12.9. The minimum atomic E-state index is -0.749. The molecule has 1 aliphatic heterocycles. The summed E-state index contributed by atoms with van der Waals surface area (Å²) in [6.07, 6.45) is 0.465. The molecule has 3 heterocycles. The van der Waals surface area contributed by atoms with Gasteiger partial charge in [0.05, 0.1) is 24.4 Å². The highest BCUT2D eigenvalue weighted by Gasteiger charge is 2.31. The van der Waals surface area contributed by atoms with E-state index in [1.54, 1.807) is 0 Å². The summed E-state index contributed by atoms with van der Waals surface area (Å²) in [6.45, 7) is 4.78. The van der Waals surface area contributed by atoms with Crippen molar-refractivity contribution in [3.8, 4) is 0 Å². The standard InChI is InChI=1S/C16H23ClN6O3S/c1-3-9-12(17)20-13(18-9)14(26)19-10-4-5-23(6-11(10)25)16-22-21-15(27-16)8(2)7-24/h8,10-11,24-25H,3-7H2,1-2H3,(H,18,20)(H,19,26)/t8-,10?,11?/m1/s1. The first kappa shape index (κ1) is 20.0. The van der Waals surface area contributed by atoms with E-state index >= 15 is 0 Å². The summed E-state index contributed by atoms with van der Waals surface area (Å²) in [7, 11) is 0. The quantitative estimate of drug-likeness (QED) is 0.554. The van der Waals surface area contributed by atoms with Crippen molar-refractivity contribution >= 4 is 34.0 Å². The Labute approximate surface area is 165 Å². The third-order valence-corrected chi connectivity index (χ3v) is 6.12. The average Bonchev–Trinajstić information content (AvgIpc) is 3.29. The highest BCUT2D eigenvalue weighted by atomic mass is 35.5. The van der Waals surface area contributed by atoms with Gasteiger partial charge in [0.25, 0.3) is 5.91 Å². The third kappa shape index (κ3) is 4.40. The molecule has 27 heavy (non-hydrogen) atoms. The van der Waals surface area contributed by atoms with Crippen LogP contribution >= 0.6 is 22.9 Å².